The van der Waals surface area contributed by atoms with Crippen molar-refractivity contribution >= 4 is 17.7 Å². The van der Waals surface area contributed by atoms with Crippen molar-refractivity contribution in [2.75, 3.05) is 12.3 Å². The van der Waals surface area contributed by atoms with Crippen LogP contribution in [-0.4, -0.2) is 24.3 Å². The fourth-order valence-corrected chi connectivity index (χ4v) is 3.57. The van der Waals surface area contributed by atoms with Crippen molar-refractivity contribution in [3.8, 4) is 5.75 Å². The number of benzene rings is 2. The van der Waals surface area contributed by atoms with Crippen molar-refractivity contribution in [1.82, 2.24) is 5.32 Å². The zero-order valence-corrected chi connectivity index (χ0v) is 17.9. The van der Waals surface area contributed by atoms with E-state index in [1.54, 1.807) is 6.92 Å². The highest BCUT2D eigenvalue weighted by Gasteiger charge is 2.16. The minimum atomic E-state index is -0.508. The lowest BCUT2D eigenvalue weighted by Crippen LogP contribution is -2.37. The van der Waals surface area contributed by atoms with E-state index in [-0.39, 0.29) is 11.3 Å². The van der Waals surface area contributed by atoms with Crippen LogP contribution in [0.3, 0.4) is 0 Å². The van der Waals surface area contributed by atoms with E-state index in [4.69, 9.17) is 4.74 Å². The standard InChI is InChI=1S/C23H31NO2S/c1-17-8-6-7-9-19(17)16-27-15-14-24-22(25)18(2)26-21-12-10-20(11-13-21)23(3,4)5/h6-13,18H,14-16H2,1-5H3,(H,24,25)/t18-/m0/s1. The topological polar surface area (TPSA) is 38.3 Å². The van der Waals surface area contributed by atoms with Gasteiger partial charge in [0.1, 0.15) is 5.75 Å². The number of carbonyl (C=O) groups excluding carboxylic acids is 1. The molecular weight excluding hydrogens is 354 g/mol. The van der Waals surface area contributed by atoms with E-state index < -0.39 is 6.10 Å². The Balaban J connectivity index is 1.70. The molecular formula is C23H31NO2S. The molecule has 0 heterocycles. The van der Waals surface area contributed by atoms with Crippen molar-refractivity contribution in [2.24, 2.45) is 0 Å². The van der Waals surface area contributed by atoms with Gasteiger partial charge in [-0.1, -0.05) is 57.2 Å². The van der Waals surface area contributed by atoms with Gasteiger partial charge in [-0.25, -0.2) is 0 Å². The lowest BCUT2D eigenvalue weighted by atomic mass is 9.87. The van der Waals surface area contributed by atoms with E-state index in [0.717, 1.165) is 17.3 Å². The largest absolute Gasteiger partial charge is 0.481 e. The SMILES string of the molecule is Cc1ccccc1CSCCNC(=O)[C@H](C)Oc1ccc(C(C)(C)C)cc1. The first kappa shape index (κ1) is 21.4. The second-order valence-corrected chi connectivity index (χ2v) is 8.91. The van der Waals surface area contributed by atoms with Crippen molar-refractivity contribution in [1.29, 1.82) is 0 Å². The number of rotatable bonds is 8. The number of ether oxygens (including phenoxy) is 1. The molecule has 0 fully saturated rings. The average molecular weight is 386 g/mol. The Labute approximate surface area is 167 Å². The fraction of sp³-hybridized carbons (Fsp3) is 0.435. The van der Waals surface area contributed by atoms with E-state index in [2.05, 4.69) is 69.4 Å². The second kappa shape index (κ2) is 9.84. The third-order valence-electron chi connectivity index (χ3n) is 4.47. The van der Waals surface area contributed by atoms with Crippen molar-refractivity contribution < 1.29 is 9.53 Å². The fourth-order valence-electron chi connectivity index (χ4n) is 2.64. The van der Waals surface area contributed by atoms with Gasteiger partial charge in [0.15, 0.2) is 6.10 Å². The minimum absolute atomic E-state index is 0.0774. The lowest BCUT2D eigenvalue weighted by Gasteiger charge is -2.20. The molecule has 27 heavy (non-hydrogen) atoms. The van der Waals surface area contributed by atoms with Gasteiger partial charge in [0.2, 0.25) is 0 Å². The first-order chi connectivity index (χ1) is 12.8. The summed E-state index contributed by atoms with van der Waals surface area (Å²) in [6.07, 6.45) is -0.508. The Bertz CT molecular complexity index is 735. The minimum Gasteiger partial charge on any atom is -0.481 e. The highest BCUT2D eigenvalue weighted by Crippen LogP contribution is 2.24. The van der Waals surface area contributed by atoms with Crippen LogP contribution in [0.5, 0.6) is 5.75 Å². The van der Waals surface area contributed by atoms with Gasteiger partial charge in [0, 0.05) is 18.1 Å². The molecule has 4 heteroatoms. The van der Waals surface area contributed by atoms with Crippen LogP contribution in [-0.2, 0) is 16.0 Å². The normalized spacial score (nSPS) is 12.5. The first-order valence-corrected chi connectivity index (χ1v) is 10.6. The molecule has 1 atom stereocenters. The van der Waals surface area contributed by atoms with Gasteiger partial charge in [-0.2, -0.15) is 11.8 Å². The monoisotopic (exact) mass is 385 g/mol. The number of hydrogen-bond acceptors (Lipinski definition) is 3. The van der Waals surface area contributed by atoms with Crippen LogP contribution < -0.4 is 10.1 Å². The molecule has 0 aromatic heterocycles. The summed E-state index contributed by atoms with van der Waals surface area (Å²) in [4.78, 5) is 12.2. The van der Waals surface area contributed by atoms with Gasteiger partial charge in [-0.05, 0) is 48.1 Å². The van der Waals surface area contributed by atoms with Crippen LogP contribution in [0.25, 0.3) is 0 Å². The maximum atomic E-state index is 12.2. The predicted molar refractivity (Wildman–Crippen MR) is 116 cm³/mol. The summed E-state index contributed by atoms with van der Waals surface area (Å²) >= 11 is 1.83. The number of thioether (sulfide) groups is 1. The number of nitrogens with one attached hydrogen (secondary N) is 1. The summed E-state index contributed by atoms with van der Waals surface area (Å²) in [5.41, 5.74) is 4.02. The molecule has 0 saturated carbocycles. The van der Waals surface area contributed by atoms with Crippen LogP contribution in [0.15, 0.2) is 48.5 Å². The highest BCUT2D eigenvalue weighted by molar-refractivity contribution is 7.98. The molecule has 2 rings (SSSR count). The summed E-state index contributed by atoms with van der Waals surface area (Å²) in [5, 5.41) is 2.95. The molecule has 0 radical (unpaired) electrons. The molecule has 1 amide bonds. The molecule has 3 nitrogen and oxygen atoms in total. The molecule has 0 saturated heterocycles. The number of aryl methyl sites for hydroxylation is 1. The Morgan fingerprint density at radius 3 is 2.41 bits per heavy atom. The summed E-state index contributed by atoms with van der Waals surface area (Å²) in [6, 6.07) is 16.4. The van der Waals surface area contributed by atoms with Crippen LogP contribution in [0.1, 0.15) is 44.4 Å². The van der Waals surface area contributed by atoms with Crippen molar-refractivity contribution in [3.05, 3.63) is 65.2 Å². The quantitative estimate of drug-likeness (QED) is 0.642. The highest BCUT2D eigenvalue weighted by atomic mass is 32.2. The van der Waals surface area contributed by atoms with E-state index in [0.29, 0.717) is 6.54 Å². The number of carbonyl (C=O) groups is 1. The summed E-state index contributed by atoms with van der Waals surface area (Å²) in [5.74, 6) is 2.49. The molecule has 0 unspecified atom stereocenters. The van der Waals surface area contributed by atoms with Crippen molar-refractivity contribution in [3.63, 3.8) is 0 Å². The molecule has 0 aliphatic heterocycles. The Hall–Kier alpha value is -1.94. The summed E-state index contributed by atoms with van der Waals surface area (Å²) in [7, 11) is 0. The zero-order chi connectivity index (χ0) is 19.9. The summed E-state index contributed by atoms with van der Waals surface area (Å²) < 4.78 is 5.77. The molecule has 146 valence electrons. The van der Waals surface area contributed by atoms with Gasteiger partial charge in [-0.3, -0.25) is 4.79 Å². The van der Waals surface area contributed by atoms with Crippen LogP contribution >= 0.6 is 11.8 Å². The third kappa shape index (κ3) is 6.94. The summed E-state index contributed by atoms with van der Waals surface area (Å²) in [6.45, 7) is 11.1. The second-order valence-electron chi connectivity index (χ2n) is 7.80. The van der Waals surface area contributed by atoms with Gasteiger partial charge < -0.3 is 10.1 Å². The molecule has 2 aromatic rings. The first-order valence-electron chi connectivity index (χ1n) is 9.44. The molecule has 1 N–H and O–H groups in total. The van der Waals surface area contributed by atoms with Crippen LogP contribution in [0, 0.1) is 6.92 Å². The number of amides is 1. The molecule has 0 aliphatic rings. The maximum absolute atomic E-state index is 12.2. The van der Waals surface area contributed by atoms with Gasteiger partial charge >= 0.3 is 0 Å². The van der Waals surface area contributed by atoms with E-state index in [9.17, 15) is 4.79 Å². The average Bonchev–Trinajstić information content (AvgIpc) is 2.62. The van der Waals surface area contributed by atoms with Gasteiger partial charge in [0.05, 0.1) is 0 Å². The van der Waals surface area contributed by atoms with E-state index in [1.165, 1.54) is 16.7 Å². The molecule has 0 bridgehead atoms. The smallest absolute Gasteiger partial charge is 0.260 e. The molecule has 2 aromatic carbocycles. The van der Waals surface area contributed by atoms with Gasteiger partial charge in [-0.15, -0.1) is 0 Å². The lowest BCUT2D eigenvalue weighted by molar-refractivity contribution is -0.127. The Morgan fingerprint density at radius 2 is 1.78 bits per heavy atom. The van der Waals surface area contributed by atoms with Crippen LogP contribution in [0.4, 0.5) is 0 Å². The Kier molecular flexibility index (Phi) is 7.78. The third-order valence-corrected chi connectivity index (χ3v) is 5.47. The predicted octanol–water partition coefficient (Wildman–Crippen LogP) is 5.11. The zero-order valence-electron chi connectivity index (χ0n) is 17.0. The van der Waals surface area contributed by atoms with E-state index >= 15 is 0 Å². The Morgan fingerprint density at radius 1 is 1.11 bits per heavy atom. The van der Waals surface area contributed by atoms with Gasteiger partial charge in [0.25, 0.3) is 5.91 Å². The van der Waals surface area contributed by atoms with Crippen LogP contribution in [0.2, 0.25) is 0 Å². The molecule has 0 spiro atoms. The molecule has 0 aliphatic carbocycles. The van der Waals surface area contributed by atoms with Crippen molar-refractivity contribution in [2.45, 2.75) is 51.9 Å². The number of hydrogen-bond donors (Lipinski definition) is 1. The maximum Gasteiger partial charge on any atom is 0.260 e. The van der Waals surface area contributed by atoms with E-state index in [1.807, 2.05) is 23.9 Å².